The van der Waals surface area contributed by atoms with Gasteiger partial charge in [0.25, 0.3) is 0 Å². The van der Waals surface area contributed by atoms with E-state index in [1.165, 1.54) is 5.69 Å². The summed E-state index contributed by atoms with van der Waals surface area (Å²) in [4.78, 5) is 32.8. The number of piperidine rings is 1. The second kappa shape index (κ2) is 9.09. The highest BCUT2D eigenvalue weighted by atomic mass is 16.4. The third-order valence-corrected chi connectivity index (χ3v) is 5.54. The minimum Gasteiger partial charge on any atom is -0.481 e. The number of aliphatic carboxylic acids is 1. The predicted molar refractivity (Wildman–Crippen MR) is 99.2 cm³/mol. The number of piperazine rings is 1. The number of rotatable bonds is 7. The van der Waals surface area contributed by atoms with Crippen LogP contribution in [0.15, 0.2) is 24.5 Å². The fourth-order valence-electron chi connectivity index (χ4n) is 3.99. The number of anilines is 1. The molecule has 2 fully saturated rings. The number of carboxylic acids is 1. The molecule has 0 aromatic carbocycles. The van der Waals surface area contributed by atoms with Crippen molar-refractivity contribution < 1.29 is 14.7 Å². The van der Waals surface area contributed by atoms with Crippen LogP contribution in [0, 0.1) is 11.8 Å². The number of carboxylic acid groups (broad SMARTS) is 1. The summed E-state index contributed by atoms with van der Waals surface area (Å²) in [6.45, 7) is 5.86. The number of pyridine rings is 1. The van der Waals surface area contributed by atoms with Gasteiger partial charge in [-0.05, 0) is 44.0 Å². The lowest BCUT2D eigenvalue weighted by Gasteiger charge is -2.36. The molecule has 0 amide bonds. The lowest BCUT2D eigenvalue weighted by atomic mass is 9.81. The van der Waals surface area contributed by atoms with Crippen LogP contribution in [0.5, 0.6) is 0 Å². The Labute approximate surface area is 154 Å². The first-order chi connectivity index (χ1) is 12.6. The SMILES string of the molecule is O=C(O)C(C(=O)CCN1CCN(c2ccncc2)CC1)C1CCNCC1. The quantitative estimate of drug-likeness (QED) is 0.698. The molecule has 1 aromatic rings. The van der Waals surface area contributed by atoms with E-state index in [0.29, 0.717) is 13.0 Å². The molecule has 3 heterocycles. The van der Waals surface area contributed by atoms with Gasteiger partial charge in [-0.2, -0.15) is 0 Å². The van der Waals surface area contributed by atoms with Crippen molar-refractivity contribution in [1.82, 2.24) is 15.2 Å². The van der Waals surface area contributed by atoms with E-state index in [0.717, 1.165) is 52.1 Å². The monoisotopic (exact) mass is 360 g/mol. The van der Waals surface area contributed by atoms with Crippen LogP contribution in [0.4, 0.5) is 5.69 Å². The van der Waals surface area contributed by atoms with E-state index in [-0.39, 0.29) is 11.7 Å². The maximum Gasteiger partial charge on any atom is 0.314 e. The van der Waals surface area contributed by atoms with Crippen LogP contribution in [0.2, 0.25) is 0 Å². The number of carbonyl (C=O) groups is 2. The van der Waals surface area contributed by atoms with Gasteiger partial charge < -0.3 is 15.3 Å². The maximum atomic E-state index is 12.6. The van der Waals surface area contributed by atoms with Gasteiger partial charge in [0.2, 0.25) is 0 Å². The van der Waals surface area contributed by atoms with Gasteiger partial charge in [0.1, 0.15) is 11.7 Å². The summed E-state index contributed by atoms with van der Waals surface area (Å²) < 4.78 is 0. The number of nitrogens with zero attached hydrogens (tertiary/aromatic N) is 3. The zero-order chi connectivity index (χ0) is 18.4. The summed E-state index contributed by atoms with van der Waals surface area (Å²) in [6.07, 6.45) is 5.47. The molecule has 0 aliphatic carbocycles. The Kier molecular flexibility index (Phi) is 6.57. The average molecular weight is 360 g/mol. The van der Waals surface area contributed by atoms with Crippen LogP contribution in [-0.2, 0) is 9.59 Å². The molecule has 142 valence electrons. The van der Waals surface area contributed by atoms with Crippen molar-refractivity contribution in [3.63, 3.8) is 0 Å². The highest BCUT2D eigenvalue weighted by Crippen LogP contribution is 2.24. The third kappa shape index (κ3) is 4.80. The fraction of sp³-hybridized carbons (Fsp3) is 0.632. The van der Waals surface area contributed by atoms with Gasteiger partial charge in [-0.15, -0.1) is 0 Å². The van der Waals surface area contributed by atoms with Crippen molar-refractivity contribution in [2.24, 2.45) is 11.8 Å². The normalized spacial score (nSPS) is 20.7. The highest BCUT2D eigenvalue weighted by Gasteiger charge is 2.35. The second-order valence-corrected chi connectivity index (χ2v) is 7.15. The Bertz CT molecular complexity index is 596. The number of hydrogen-bond acceptors (Lipinski definition) is 6. The topological polar surface area (TPSA) is 85.8 Å². The highest BCUT2D eigenvalue weighted by molar-refractivity contribution is 5.98. The van der Waals surface area contributed by atoms with Gasteiger partial charge in [0.15, 0.2) is 0 Å². The van der Waals surface area contributed by atoms with Gasteiger partial charge in [0.05, 0.1) is 0 Å². The number of Topliss-reactive ketones (excluding diaryl/α,β-unsaturated/α-hetero) is 1. The standard InChI is InChI=1S/C19H28N4O3/c24-17(18(19(25)26)15-1-6-20-7-2-15)5-10-22-11-13-23(14-12-22)16-3-8-21-9-4-16/h3-4,8-9,15,18,20H,1-2,5-7,10-14H2,(H,25,26). The minimum absolute atomic E-state index is 0.0233. The molecule has 3 rings (SSSR count). The smallest absolute Gasteiger partial charge is 0.314 e. The Morgan fingerprint density at radius 2 is 1.81 bits per heavy atom. The zero-order valence-electron chi connectivity index (χ0n) is 15.1. The molecule has 2 N–H and O–H groups in total. The molecule has 1 aromatic heterocycles. The number of ketones is 1. The fourth-order valence-corrected chi connectivity index (χ4v) is 3.99. The van der Waals surface area contributed by atoms with Crippen LogP contribution >= 0.6 is 0 Å². The molecule has 2 aliphatic rings. The van der Waals surface area contributed by atoms with E-state index in [1.807, 2.05) is 12.1 Å². The molecule has 7 heteroatoms. The summed E-state index contributed by atoms with van der Waals surface area (Å²) in [7, 11) is 0. The van der Waals surface area contributed by atoms with E-state index in [9.17, 15) is 14.7 Å². The van der Waals surface area contributed by atoms with Crippen molar-refractivity contribution in [3.05, 3.63) is 24.5 Å². The van der Waals surface area contributed by atoms with Crippen LogP contribution in [0.3, 0.4) is 0 Å². The van der Waals surface area contributed by atoms with Gasteiger partial charge in [-0.25, -0.2) is 0 Å². The maximum absolute atomic E-state index is 12.6. The molecule has 0 saturated carbocycles. The van der Waals surface area contributed by atoms with Gasteiger partial charge in [0, 0.05) is 57.2 Å². The zero-order valence-corrected chi connectivity index (χ0v) is 15.1. The molecular formula is C19H28N4O3. The summed E-state index contributed by atoms with van der Waals surface area (Å²) in [5, 5.41) is 12.8. The molecule has 7 nitrogen and oxygen atoms in total. The van der Waals surface area contributed by atoms with E-state index in [2.05, 4.69) is 20.1 Å². The summed E-state index contributed by atoms with van der Waals surface area (Å²) in [6, 6.07) is 4.02. The lowest BCUT2D eigenvalue weighted by molar-refractivity contribution is -0.149. The van der Waals surface area contributed by atoms with Crippen LogP contribution in [-0.4, -0.2) is 72.6 Å². The predicted octanol–water partition coefficient (Wildman–Crippen LogP) is 0.863. The molecule has 1 unspecified atom stereocenters. The Hall–Kier alpha value is -1.99. The molecule has 2 aliphatic heterocycles. The first-order valence-electron chi connectivity index (χ1n) is 9.48. The molecule has 0 spiro atoms. The van der Waals surface area contributed by atoms with Crippen molar-refractivity contribution in [1.29, 1.82) is 0 Å². The number of carbonyl (C=O) groups excluding carboxylic acids is 1. The average Bonchev–Trinajstić information content (AvgIpc) is 2.68. The van der Waals surface area contributed by atoms with Crippen LogP contribution in [0.25, 0.3) is 0 Å². The summed E-state index contributed by atoms with van der Waals surface area (Å²) in [5.41, 5.74) is 1.17. The first kappa shape index (κ1) is 18.8. The van der Waals surface area contributed by atoms with Gasteiger partial charge in [-0.1, -0.05) is 0 Å². The van der Waals surface area contributed by atoms with Crippen molar-refractivity contribution in [2.75, 3.05) is 50.7 Å². The Morgan fingerprint density at radius 3 is 2.42 bits per heavy atom. The van der Waals surface area contributed by atoms with E-state index in [1.54, 1.807) is 12.4 Å². The number of nitrogens with one attached hydrogen (secondary N) is 1. The molecular weight excluding hydrogens is 332 g/mol. The van der Waals surface area contributed by atoms with Crippen molar-refractivity contribution >= 4 is 17.4 Å². The van der Waals surface area contributed by atoms with Crippen LogP contribution < -0.4 is 10.2 Å². The van der Waals surface area contributed by atoms with Gasteiger partial charge in [-0.3, -0.25) is 19.5 Å². The third-order valence-electron chi connectivity index (χ3n) is 5.54. The van der Waals surface area contributed by atoms with E-state index < -0.39 is 11.9 Å². The number of aromatic nitrogens is 1. The summed E-state index contributed by atoms with van der Waals surface area (Å²) >= 11 is 0. The molecule has 2 saturated heterocycles. The molecule has 0 bridgehead atoms. The largest absolute Gasteiger partial charge is 0.481 e. The summed E-state index contributed by atoms with van der Waals surface area (Å²) in [5.74, 6) is -1.93. The van der Waals surface area contributed by atoms with Crippen molar-refractivity contribution in [3.8, 4) is 0 Å². The lowest BCUT2D eigenvalue weighted by Crippen LogP contribution is -2.47. The first-order valence-corrected chi connectivity index (χ1v) is 9.48. The second-order valence-electron chi connectivity index (χ2n) is 7.15. The van der Waals surface area contributed by atoms with Gasteiger partial charge >= 0.3 is 5.97 Å². The van der Waals surface area contributed by atoms with E-state index in [4.69, 9.17) is 0 Å². The Morgan fingerprint density at radius 1 is 1.15 bits per heavy atom. The Balaban J connectivity index is 1.46. The molecule has 0 radical (unpaired) electrons. The molecule has 26 heavy (non-hydrogen) atoms. The van der Waals surface area contributed by atoms with Crippen molar-refractivity contribution in [2.45, 2.75) is 19.3 Å². The minimum atomic E-state index is -0.954. The van der Waals surface area contributed by atoms with Crippen LogP contribution in [0.1, 0.15) is 19.3 Å². The van der Waals surface area contributed by atoms with E-state index >= 15 is 0 Å². The molecule has 1 atom stereocenters. The number of hydrogen-bond donors (Lipinski definition) is 2.